The van der Waals surface area contributed by atoms with Gasteiger partial charge in [-0.25, -0.2) is 14.6 Å². The molecule has 0 saturated heterocycles. The summed E-state index contributed by atoms with van der Waals surface area (Å²) < 4.78 is 0. The zero-order chi connectivity index (χ0) is 10.7. The van der Waals surface area contributed by atoms with Crippen molar-refractivity contribution in [2.75, 3.05) is 0 Å². The van der Waals surface area contributed by atoms with E-state index in [9.17, 15) is 9.59 Å². The van der Waals surface area contributed by atoms with Crippen LogP contribution in [0.5, 0.6) is 0 Å². The second-order valence-electron chi connectivity index (χ2n) is 2.43. The van der Waals surface area contributed by atoms with Crippen molar-refractivity contribution in [1.29, 1.82) is 0 Å². The van der Waals surface area contributed by atoms with Gasteiger partial charge in [0.15, 0.2) is 0 Å². The number of aromatic carboxylic acids is 2. The van der Waals surface area contributed by atoms with Gasteiger partial charge >= 0.3 is 11.9 Å². The van der Waals surface area contributed by atoms with Crippen LogP contribution in [0.25, 0.3) is 0 Å². The standard InChI is InChI=1S/C8H6BrNO4/c9-3-6-4(7(11)12)1-2-5(10-6)8(13)14/h1-2H,3H2,(H,11,12)(H,13,14). The Morgan fingerprint density at radius 3 is 2.36 bits per heavy atom. The van der Waals surface area contributed by atoms with Gasteiger partial charge in [-0.2, -0.15) is 0 Å². The van der Waals surface area contributed by atoms with Gasteiger partial charge in [0.25, 0.3) is 0 Å². The predicted octanol–water partition coefficient (Wildman–Crippen LogP) is 1.37. The van der Waals surface area contributed by atoms with Crippen molar-refractivity contribution >= 4 is 27.9 Å². The van der Waals surface area contributed by atoms with E-state index in [1.54, 1.807) is 0 Å². The maximum absolute atomic E-state index is 10.7. The lowest BCUT2D eigenvalue weighted by molar-refractivity contribution is 0.0674. The minimum Gasteiger partial charge on any atom is -0.478 e. The minimum atomic E-state index is -1.18. The van der Waals surface area contributed by atoms with E-state index in [0.29, 0.717) is 0 Å². The molecule has 0 atom stereocenters. The molecular weight excluding hydrogens is 254 g/mol. The highest BCUT2D eigenvalue weighted by atomic mass is 79.9. The summed E-state index contributed by atoms with van der Waals surface area (Å²) in [7, 11) is 0. The predicted molar refractivity (Wildman–Crippen MR) is 50.8 cm³/mol. The normalized spacial score (nSPS) is 9.79. The Kier molecular flexibility index (Phi) is 3.19. The zero-order valence-electron chi connectivity index (χ0n) is 6.90. The largest absolute Gasteiger partial charge is 0.478 e. The molecule has 6 heteroatoms. The Balaban J connectivity index is 3.25. The van der Waals surface area contributed by atoms with Crippen molar-refractivity contribution in [2.45, 2.75) is 5.33 Å². The topological polar surface area (TPSA) is 87.5 Å². The van der Waals surface area contributed by atoms with Crippen LogP contribution < -0.4 is 0 Å². The average Bonchev–Trinajstić information content (AvgIpc) is 2.16. The van der Waals surface area contributed by atoms with Gasteiger partial charge in [0.1, 0.15) is 5.69 Å². The monoisotopic (exact) mass is 259 g/mol. The number of hydrogen-bond acceptors (Lipinski definition) is 3. The van der Waals surface area contributed by atoms with Gasteiger partial charge < -0.3 is 10.2 Å². The highest BCUT2D eigenvalue weighted by molar-refractivity contribution is 9.08. The summed E-state index contributed by atoms with van der Waals surface area (Å²) in [5, 5.41) is 17.5. The van der Waals surface area contributed by atoms with Gasteiger partial charge in [0, 0.05) is 5.33 Å². The Bertz CT molecular complexity index is 391. The molecule has 1 rings (SSSR count). The van der Waals surface area contributed by atoms with E-state index in [-0.39, 0.29) is 22.3 Å². The molecule has 5 nitrogen and oxygen atoms in total. The van der Waals surface area contributed by atoms with E-state index in [0.717, 1.165) is 6.07 Å². The molecule has 0 amide bonds. The molecule has 1 aromatic rings. The number of nitrogens with zero attached hydrogens (tertiary/aromatic N) is 1. The summed E-state index contributed by atoms with van der Waals surface area (Å²) in [4.78, 5) is 24.9. The van der Waals surface area contributed by atoms with Crippen molar-refractivity contribution in [3.63, 3.8) is 0 Å². The number of pyridine rings is 1. The Morgan fingerprint density at radius 1 is 1.29 bits per heavy atom. The maximum Gasteiger partial charge on any atom is 0.354 e. The van der Waals surface area contributed by atoms with Gasteiger partial charge in [0.2, 0.25) is 0 Å². The number of aromatic nitrogens is 1. The average molecular weight is 260 g/mol. The van der Waals surface area contributed by atoms with E-state index in [4.69, 9.17) is 10.2 Å². The molecule has 0 aliphatic rings. The highest BCUT2D eigenvalue weighted by Crippen LogP contribution is 2.11. The van der Waals surface area contributed by atoms with Gasteiger partial charge in [0.05, 0.1) is 11.3 Å². The molecule has 0 aliphatic carbocycles. The van der Waals surface area contributed by atoms with Crippen molar-refractivity contribution in [3.05, 3.63) is 29.1 Å². The van der Waals surface area contributed by atoms with Crippen LogP contribution in [0.1, 0.15) is 26.5 Å². The molecular formula is C8H6BrNO4. The van der Waals surface area contributed by atoms with E-state index in [2.05, 4.69) is 20.9 Å². The molecule has 1 heterocycles. The van der Waals surface area contributed by atoms with Crippen LogP contribution in [0.4, 0.5) is 0 Å². The van der Waals surface area contributed by atoms with E-state index in [1.165, 1.54) is 6.07 Å². The summed E-state index contributed by atoms with van der Waals surface area (Å²) in [5.41, 5.74) is 0.0497. The summed E-state index contributed by atoms with van der Waals surface area (Å²) in [6.07, 6.45) is 0. The summed E-state index contributed by atoms with van der Waals surface area (Å²) >= 11 is 3.04. The molecule has 0 saturated carbocycles. The Hall–Kier alpha value is -1.43. The molecule has 74 valence electrons. The summed E-state index contributed by atoms with van der Waals surface area (Å²) in [6, 6.07) is 2.40. The number of carboxylic acids is 2. The smallest absolute Gasteiger partial charge is 0.354 e. The first-order chi connectivity index (χ1) is 6.56. The van der Waals surface area contributed by atoms with Gasteiger partial charge in [-0.05, 0) is 12.1 Å². The third-order valence-corrected chi connectivity index (χ3v) is 2.08. The first-order valence-electron chi connectivity index (χ1n) is 3.58. The van der Waals surface area contributed by atoms with E-state index >= 15 is 0 Å². The van der Waals surface area contributed by atoms with Crippen molar-refractivity contribution < 1.29 is 19.8 Å². The number of rotatable bonds is 3. The number of carbonyl (C=O) groups is 2. The first-order valence-corrected chi connectivity index (χ1v) is 4.71. The lowest BCUT2D eigenvalue weighted by atomic mass is 10.2. The van der Waals surface area contributed by atoms with Crippen LogP contribution in [-0.4, -0.2) is 27.1 Å². The number of halogens is 1. The molecule has 2 N–H and O–H groups in total. The molecule has 14 heavy (non-hydrogen) atoms. The maximum atomic E-state index is 10.7. The number of carboxylic acid groups (broad SMARTS) is 2. The highest BCUT2D eigenvalue weighted by Gasteiger charge is 2.13. The van der Waals surface area contributed by atoms with E-state index < -0.39 is 11.9 Å². The van der Waals surface area contributed by atoms with Crippen molar-refractivity contribution in [1.82, 2.24) is 4.98 Å². The van der Waals surface area contributed by atoms with E-state index in [1.807, 2.05) is 0 Å². The quantitative estimate of drug-likeness (QED) is 0.801. The van der Waals surface area contributed by atoms with Gasteiger partial charge in [-0.15, -0.1) is 0 Å². The first kappa shape index (κ1) is 10.6. The SMILES string of the molecule is O=C(O)c1ccc(C(=O)O)c(CBr)n1. The second-order valence-corrected chi connectivity index (χ2v) is 3.00. The molecule has 0 bridgehead atoms. The lowest BCUT2D eigenvalue weighted by Crippen LogP contribution is -2.08. The molecule has 0 fully saturated rings. The molecule has 0 unspecified atom stereocenters. The fourth-order valence-electron chi connectivity index (χ4n) is 0.917. The molecule has 0 aliphatic heterocycles. The van der Waals surface area contributed by atoms with Crippen LogP contribution in [0.3, 0.4) is 0 Å². The molecule has 0 radical (unpaired) electrons. The minimum absolute atomic E-state index is 0.00637. The molecule has 0 aromatic carbocycles. The number of alkyl halides is 1. The van der Waals surface area contributed by atoms with Crippen LogP contribution in [-0.2, 0) is 5.33 Å². The van der Waals surface area contributed by atoms with Crippen LogP contribution >= 0.6 is 15.9 Å². The summed E-state index contributed by atoms with van der Waals surface area (Å²) in [5.74, 6) is -2.30. The third-order valence-electron chi connectivity index (χ3n) is 1.55. The Morgan fingerprint density at radius 2 is 1.93 bits per heavy atom. The van der Waals surface area contributed by atoms with Crippen molar-refractivity contribution in [3.8, 4) is 0 Å². The number of hydrogen-bond donors (Lipinski definition) is 2. The van der Waals surface area contributed by atoms with Gasteiger partial charge in [-0.3, -0.25) is 0 Å². The van der Waals surface area contributed by atoms with Crippen LogP contribution in [0, 0.1) is 0 Å². The molecule has 0 spiro atoms. The summed E-state index contributed by atoms with van der Waals surface area (Å²) in [6.45, 7) is 0. The lowest BCUT2D eigenvalue weighted by Gasteiger charge is -2.02. The fourth-order valence-corrected chi connectivity index (χ4v) is 1.34. The van der Waals surface area contributed by atoms with Crippen LogP contribution in [0.2, 0.25) is 0 Å². The van der Waals surface area contributed by atoms with Crippen molar-refractivity contribution in [2.24, 2.45) is 0 Å². The second kappa shape index (κ2) is 4.19. The Labute approximate surface area is 87.5 Å². The fraction of sp³-hybridized carbons (Fsp3) is 0.125. The van der Waals surface area contributed by atoms with Gasteiger partial charge in [-0.1, -0.05) is 15.9 Å². The molecule has 1 aromatic heterocycles. The van der Waals surface area contributed by atoms with Crippen LogP contribution in [0.15, 0.2) is 12.1 Å². The zero-order valence-corrected chi connectivity index (χ0v) is 8.48. The third kappa shape index (κ3) is 2.08.